The lowest BCUT2D eigenvalue weighted by Crippen LogP contribution is -2.14. The third-order valence-electron chi connectivity index (χ3n) is 2.78. The van der Waals surface area contributed by atoms with Crippen LogP contribution in [0.1, 0.15) is 5.56 Å². The summed E-state index contributed by atoms with van der Waals surface area (Å²) >= 11 is 4.99. The number of hydrogen-bond acceptors (Lipinski definition) is 3. The number of carbonyl (C=O) groups excluding carboxylic acids is 1. The zero-order valence-electron chi connectivity index (χ0n) is 11.6. The highest BCUT2D eigenvalue weighted by Gasteiger charge is 2.05. The zero-order chi connectivity index (χ0) is 15.1. The molecule has 0 aliphatic heterocycles. The first-order valence-corrected chi connectivity index (χ1v) is 8.39. The predicted octanol–water partition coefficient (Wildman–Crippen LogP) is 4.33. The molecule has 0 unspecified atom stereocenters. The van der Waals surface area contributed by atoms with Gasteiger partial charge in [-0.05, 0) is 45.8 Å². The van der Waals surface area contributed by atoms with Gasteiger partial charge in [-0.15, -0.1) is 11.8 Å². The molecule has 110 valence electrons. The van der Waals surface area contributed by atoms with Crippen LogP contribution in [0.5, 0.6) is 5.75 Å². The Morgan fingerprint density at radius 2 is 2.05 bits per heavy atom. The summed E-state index contributed by atoms with van der Waals surface area (Å²) in [5, 5.41) is 2.89. The smallest absolute Gasteiger partial charge is 0.234 e. The van der Waals surface area contributed by atoms with E-state index in [1.54, 1.807) is 18.9 Å². The molecule has 2 rings (SSSR count). The molecule has 21 heavy (non-hydrogen) atoms. The first-order valence-electron chi connectivity index (χ1n) is 6.44. The Bertz CT molecular complexity index is 619. The Morgan fingerprint density at radius 3 is 2.81 bits per heavy atom. The Hall–Kier alpha value is -1.46. The van der Waals surface area contributed by atoms with Gasteiger partial charge in [0.15, 0.2) is 0 Å². The van der Waals surface area contributed by atoms with Crippen LogP contribution in [0.2, 0.25) is 0 Å². The van der Waals surface area contributed by atoms with Crippen molar-refractivity contribution in [3.63, 3.8) is 0 Å². The molecule has 0 aliphatic carbocycles. The molecule has 2 aromatic rings. The van der Waals surface area contributed by atoms with E-state index in [0.29, 0.717) is 5.75 Å². The van der Waals surface area contributed by atoms with E-state index in [1.807, 2.05) is 48.5 Å². The topological polar surface area (TPSA) is 38.3 Å². The summed E-state index contributed by atoms with van der Waals surface area (Å²) in [6, 6.07) is 15.5. The van der Waals surface area contributed by atoms with Crippen molar-refractivity contribution >= 4 is 39.3 Å². The normalized spacial score (nSPS) is 10.2. The third-order valence-corrected chi connectivity index (χ3v) is 4.48. The second kappa shape index (κ2) is 8.10. The van der Waals surface area contributed by atoms with Crippen molar-refractivity contribution in [2.45, 2.75) is 5.75 Å². The van der Waals surface area contributed by atoms with Gasteiger partial charge in [0.05, 0.1) is 18.6 Å². The number of thioether (sulfide) groups is 1. The highest BCUT2D eigenvalue weighted by atomic mass is 79.9. The molecule has 0 radical (unpaired) electrons. The first kappa shape index (κ1) is 15.9. The highest BCUT2D eigenvalue weighted by molar-refractivity contribution is 9.10. The summed E-state index contributed by atoms with van der Waals surface area (Å²) in [5.41, 5.74) is 1.94. The van der Waals surface area contributed by atoms with Gasteiger partial charge in [-0.25, -0.2) is 0 Å². The van der Waals surface area contributed by atoms with E-state index in [4.69, 9.17) is 4.74 Å². The number of benzene rings is 2. The number of amides is 1. The van der Waals surface area contributed by atoms with Gasteiger partial charge in [0.2, 0.25) is 5.91 Å². The molecule has 0 bridgehead atoms. The average molecular weight is 366 g/mol. The maximum atomic E-state index is 11.9. The lowest BCUT2D eigenvalue weighted by atomic mass is 10.2. The SMILES string of the molecule is COc1cccc(CSCC(=O)Nc2ccccc2Br)c1. The summed E-state index contributed by atoms with van der Waals surface area (Å²) in [6.07, 6.45) is 0. The number of para-hydroxylation sites is 1. The van der Waals surface area contributed by atoms with Crippen LogP contribution in [0.3, 0.4) is 0 Å². The molecule has 0 saturated heterocycles. The number of carbonyl (C=O) groups is 1. The van der Waals surface area contributed by atoms with Gasteiger partial charge < -0.3 is 10.1 Å². The largest absolute Gasteiger partial charge is 0.497 e. The van der Waals surface area contributed by atoms with E-state index in [9.17, 15) is 4.79 Å². The average Bonchev–Trinajstić information content (AvgIpc) is 2.50. The summed E-state index contributed by atoms with van der Waals surface area (Å²) in [4.78, 5) is 11.9. The standard InChI is InChI=1S/C16H16BrNO2S/c1-20-13-6-4-5-12(9-13)10-21-11-16(19)18-15-8-3-2-7-14(15)17/h2-9H,10-11H2,1H3,(H,18,19). The van der Waals surface area contributed by atoms with Gasteiger partial charge >= 0.3 is 0 Å². The molecule has 0 atom stereocenters. The van der Waals surface area contributed by atoms with E-state index in [0.717, 1.165) is 27.2 Å². The number of ether oxygens (including phenoxy) is 1. The molecule has 1 N–H and O–H groups in total. The first-order chi connectivity index (χ1) is 10.2. The van der Waals surface area contributed by atoms with E-state index < -0.39 is 0 Å². The lowest BCUT2D eigenvalue weighted by Gasteiger charge is -2.07. The number of nitrogens with one attached hydrogen (secondary N) is 1. The summed E-state index contributed by atoms with van der Waals surface area (Å²) < 4.78 is 6.07. The lowest BCUT2D eigenvalue weighted by molar-refractivity contribution is -0.113. The Kier molecular flexibility index (Phi) is 6.14. The van der Waals surface area contributed by atoms with Gasteiger partial charge in [-0.1, -0.05) is 24.3 Å². The van der Waals surface area contributed by atoms with Crippen molar-refractivity contribution in [2.75, 3.05) is 18.2 Å². The Balaban J connectivity index is 1.80. The van der Waals surface area contributed by atoms with Crippen LogP contribution >= 0.6 is 27.7 Å². The Morgan fingerprint density at radius 1 is 1.24 bits per heavy atom. The van der Waals surface area contributed by atoms with Crippen LogP contribution in [-0.4, -0.2) is 18.8 Å². The van der Waals surface area contributed by atoms with Crippen molar-refractivity contribution in [3.8, 4) is 5.75 Å². The molecule has 0 aliphatic rings. The fraction of sp³-hybridized carbons (Fsp3) is 0.188. The minimum Gasteiger partial charge on any atom is -0.497 e. The molecule has 2 aromatic carbocycles. The molecule has 5 heteroatoms. The van der Waals surface area contributed by atoms with Crippen LogP contribution in [0.25, 0.3) is 0 Å². The van der Waals surface area contributed by atoms with Gasteiger partial charge in [-0.3, -0.25) is 4.79 Å². The monoisotopic (exact) mass is 365 g/mol. The highest BCUT2D eigenvalue weighted by Crippen LogP contribution is 2.22. The van der Waals surface area contributed by atoms with Crippen LogP contribution in [0.4, 0.5) is 5.69 Å². The van der Waals surface area contributed by atoms with Crippen LogP contribution in [0.15, 0.2) is 53.0 Å². The number of methoxy groups -OCH3 is 1. The number of rotatable bonds is 6. The van der Waals surface area contributed by atoms with E-state index >= 15 is 0 Å². The molecule has 0 saturated carbocycles. The summed E-state index contributed by atoms with van der Waals surface area (Å²) in [6.45, 7) is 0. The molecule has 0 aromatic heterocycles. The van der Waals surface area contributed by atoms with Crippen LogP contribution < -0.4 is 10.1 Å². The van der Waals surface area contributed by atoms with Crippen molar-refractivity contribution in [3.05, 3.63) is 58.6 Å². The van der Waals surface area contributed by atoms with Gasteiger partial charge in [0.25, 0.3) is 0 Å². The molecule has 0 spiro atoms. The molecular formula is C16H16BrNO2S. The molecule has 1 amide bonds. The van der Waals surface area contributed by atoms with Crippen molar-refractivity contribution in [1.82, 2.24) is 0 Å². The quantitative estimate of drug-likeness (QED) is 0.827. The van der Waals surface area contributed by atoms with Crippen molar-refractivity contribution in [1.29, 1.82) is 0 Å². The molecule has 3 nitrogen and oxygen atoms in total. The maximum Gasteiger partial charge on any atom is 0.234 e. The van der Waals surface area contributed by atoms with Gasteiger partial charge in [0.1, 0.15) is 5.75 Å². The van der Waals surface area contributed by atoms with Gasteiger partial charge in [-0.2, -0.15) is 0 Å². The number of halogens is 1. The fourth-order valence-corrected chi connectivity index (χ4v) is 2.93. The number of anilines is 1. The minimum atomic E-state index is -0.00482. The second-order valence-electron chi connectivity index (χ2n) is 4.37. The van der Waals surface area contributed by atoms with E-state index in [-0.39, 0.29) is 5.91 Å². The summed E-state index contributed by atoms with van der Waals surface area (Å²) in [5.74, 6) is 2.03. The maximum absolute atomic E-state index is 11.9. The van der Waals surface area contributed by atoms with E-state index in [2.05, 4.69) is 21.2 Å². The van der Waals surface area contributed by atoms with Crippen molar-refractivity contribution < 1.29 is 9.53 Å². The molecule has 0 fully saturated rings. The van der Waals surface area contributed by atoms with E-state index in [1.165, 1.54) is 0 Å². The second-order valence-corrected chi connectivity index (χ2v) is 6.21. The Labute approximate surface area is 137 Å². The fourth-order valence-electron chi connectivity index (χ4n) is 1.77. The molecule has 0 heterocycles. The predicted molar refractivity (Wildman–Crippen MR) is 91.9 cm³/mol. The van der Waals surface area contributed by atoms with Gasteiger partial charge in [0, 0.05) is 10.2 Å². The van der Waals surface area contributed by atoms with Crippen LogP contribution in [-0.2, 0) is 10.5 Å². The summed E-state index contributed by atoms with van der Waals surface area (Å²) in [7, 11) is 1.65. The van der Waals surface area contributed by atoms with Crippen molar-refractivity contribution in [2.24, 2.45) is 0 Å². The number of hydrogen-bond donors (Lipinski definition) is 1. The zero-order valence-corrected chi connectivity index (χ0v) is 14.0. The molecular weight excluding hydrogens is 350 g/mol. The minimum absolute atomic E-state index is 0.00482. The van der Waals surface area contributed by atoms with Crippen LogP contribution in [0, 0.1) is 0 Å². The third kappa shape index (κ3) is 5.10.